The predicted octanol–water partition coefficient (Wildman–Crippen LogP) is 4.88. The number of hydrogen-bond acceptors (Lipinski definition) is 0. The molecule has 0 spiro atoms. The highest BCUT2D eigenvalue weighted by Crippen LogP contribution is 2.63. The van der Waals surface area contributed by atoms with E-state index in [4.69, 9.17) is 0 Å². The molecular weight excluding hydrogens is 230 g/mol. The minimum absolute atomic E-state index is 0.628. The largest absolute Gasteiger partial charge is 0.346 e. The summed E-state index contributed by atoms with van der Waals surface area (Å²) in [6, 6.07) is 5.30. The Balaban J connectivity index is 1.72. The molecule has 19 heavy (non-hydrogen) atoms. The summed E-state index contributed by atoms with van der Waals surface area (Å²) < 4.78 is 2.63. The van der Waals surface area contributed by atoms with Crippen LogP contribution in [0.4, 0.5) is 0 Å². The van der Waals surface area contributed by atoms with Crippen LogP contribution >= 0.6 is 0 Å². The normalized spacial score (nSPS) is 41.7. The molecule has 0 radical (unpaired) electrons. The summed E-state index contributed by atoms with van der Waals surface area (Å²) in [5.41, 5.74) is 3.55. The lowest BCUT2D eigenvalue weighted by atomic mass is 9.48. The number of nitrogens with zero attached hydrogens (tertiary/aromatic N) is 1. The third kappa shape index (κ3) is 1.66. The second-order valence-corrected chi connectivity index (χ2v) is 7.94. The number of aryl methyl sites for hydroxylation is 2. The van der Waals surface area contributed by atoms with Crippen LogP contribution in [0.3, 0.4) is 0 Å². The van der Waals surface area contributed by atoms with Crippen molar-refractivity contribution in [3.63, 3.8) is 0 Å². The van der Waals surface area contributed by atoms with E-state index >= 15 is 0 Å². The van der Waals surface area contributed by atoms with Gasteiger partial charge in [0.2, 0.25) is 0 Å². The monoisotopic (exact) mass is 257 g/mol. The second kappa shape index (κ2) is 3.90. The van der Waals surface area contributed by atoms with Gasteiger partial charge in [-0.25, -0.2) is 0 Å². The molecule has 5 rings (SSSR count). The standard InChI is InChI=1S/C18H27N/c1-12-4-5-13(2)19(12)14(3)18-9-15-6-16(10-18)8-17(7-15)11-18/h4-5,14-17H,6-11H2,1-3H3. The second-order valence-electron chi connectivity index (χ2n) is 7.94. The molecule has 4 aliphatic carbocycles. The minimum Gasteiger partial charge on any atom is -0.346 e. The summed E-state index contributed by atoms with van der Waals surface area (Å²) in [6.45, 7) is 7.07. The third-order valence-corrected chi connectivity index (χ3v) is 6.68. The van der Waals surface area contributed by atoms with E-state index in [9.17, 15) is 0 Å². The van der Waals surface area contributed by atoms with Crippen LogP contribution in [-0.4, -0.2) is 4.57 Å². The van der Waals surface area contributed by atoms with Gasteiger partial charge in [0.1, 0.15) is 0 Å². The zero-order chi connectivity index (χ0) is 13.2. The molecule has 0 aromatic carbocycles. The van der Waals surface area contributed by atoms with Crippen LogP contribution in [0.5, 0.6) is 0 Å². The molecule has 4 saturated carbocycles. The van der Waals surface area contributed by atoms with Crippen molar-refractivity contribution in [2.24, 2.45) is 23.2 Å². The fourth-order valence-corrected chi connectivity index (χ4v) is 6.25. The van der Waals surface area contributed by atoms with Crippen molar-refractivity contribution in [1.82, 2.24) is 4.57 Å². The summed E-state index contributed by atoms with van der Waals surface area (Å²) in [4.78, 5) is 0. The molecule has 104 valence electrons. The van der Waals surface area contributed by atoms with Crippen LogP contribution in [0.2, 0.25) is 0 Å². The van der Waals surface area contributed by atoms with Crippen molar-refractivity contribution in [2.75, 3.05) is 0 Å². The van der Waals surface area contributed by atoms with Gasteiger partial charge in [-0.1, -0.05) is 0 Å². The van der Waals surface area contributed by atoms with Crippen molar-refractivity contribution in [3.05, 3.63) is 23.5 Å². The van der Waals surface area contributed by atoms with Crippen LogP contribution in [0, 0.1) is 37.0 Å². The summed E-state index contributed by atoms with van der Waals surface area (Å²) in [7, 11) is 0. The van der Waals surface area contributed by atoms with Gasteiger partial charge in [0.15, 0.2) is 0 Å². The Labute approximate surface area is 117 Å². The van der Waals surface area contributed by atoms with E-state index < -0.39 is 0 Å². The van der Waals surface area contributed by atoms with Crippen LogP contribution in [0.25, 0.3) is 0 Å². The first kappa shape index (κ1) is 12.1. The van der Waals surface area contributed by atoms with Crippen LogP contribution in [0.1, 0.15) is 62.9 Å². The van der Waals surface area contributed by atoms with Crippen molar-refractivity contribution in [1.29, 1.82) is 0 Å². The lowest BCUT2D eigenvalue weighted by Gasteiger charge is -2.59. The third-order valence-electron chi connectivity index (χ3n) is 6.68. The SMILES string of the molecule is Cc1ccc(C)n1C(C)C12CC3CC(CC(C3)C1)C2. The summed E-state index contributed by atoms with van der Waals surface area (Å²) >= 11 is 0. The molecule has 0 N–H and O–H groups in total. The Morgan fingerprint density at radius 2 is 1.37 bits per heavy atom. The van der Waals surface area contributed by atoms with E-state index in [1.165, 1.54) is 30.7 Å². The molecule has 4 aliphatic rings. The van der Waals surface area contributed by atoms with Gasteiger partial charge in [-0.2, -0.15) is 0 Å². The maximum absolute atomic E-state index is 2.63. The number of rotatable bonds is 2. The molecule has 1 unspecified atom stereocenters. The molecule has 1 atom stereocenters. The molecule has 1 nitrogen and oxygen atoms in total. The topological polar surface area (TPSA) is 4.93 Å². The van der Waals surface area contributed by atoms with Crippen LogP contribution < -0.4 is 0 Å². The van der Waals surface area contributed by atoms with Crippen molar-refractivity contribution >= 4 is 0 Å². The summed E-state index contributed by atoms with van der Waals surface area (Å²) in [5, 5.41) is 0. The Hall–Kier alpha value is -0.720. The molecule has 0 aliphatic heterocycles. The van der Waals surface area contributed by atoms with E-state index in [0.717, 1.165) is 17.8 Å². The molecular formula is C18H27N. The number of aromatic nitrogens is 1. The van der Waals surface area contributed by atoms with E-state index in [1.54, 1.807) is 19.3 Å². The van der Waals surface area contributed by atoms with Crippen molar-refractivity contribution < 1.29 is 0 Å². The molecule has 1 heteroatoms. The van der Waals surface area contributed by atoms with E-state index in [1.807, 2.05) is 0 Å². The van der Waals surface area contributed by atoms with Gasteiger partial charge in [0, 0.05) is 17.4 Å². The van der Waals surface area contributed by atoms with Gasteiger partial charge >= 0.3 is 0 Å². The Bertz CT molecular complexity index is 441. The molecule has 1 aromatic rings. The van der Waals surface area contributed by atoms with Crippen LogP contribution in [0.15, 0.2) is 12.1 Å². The Morgan fingerprint density at radius 1 is 0.947 bits per heavy atom. The number of hydrogen-bond donors (Lipinski definition) is 0. The molecule has 1 heterocycles. The fourth-order valence-electron chi connectivity index (χ4n) is 6.25. The average Bonchev–Trinajstić information content (AvgIpc) is 2.66. The van der Waals surface area contributed by atoms with Gasteiger partial charge in [0.05, 0.1) is 0 Å². The first-order valence-electron chi connectivity index (χ1n) is 8.22. The zero-order valence-corrected chi connectivity index (χ0v) is 12.7. The quantitative estimate of drug-likeness (QED) is 0.711. The maximum Gasteiger partial charge on any atom is 0.0364 e. The van der Waals surface area contributed by atoms with Crippen molar-refractivity contribution in [3.8, 4) is 0 Å². The minimum atomic E-state index is 0.628. The first-order valence-corrected chi connectivity index (χ1v) is 8.22. The molecule has 4 fully saturated rings. The highest BCUT2D eigenvalue weighted by molar-refractivity contribution is 5.17. The van der Waals surface area contributed by atoms with Gasteiger partial charge < -0.3 is 4.57 Å². The lowest BCUT2D eigenvalue weighted by molar-refractivity contribution is -0.0793. The summed E-state index contributed by atoms with van der Waals surface area (Å²) in [5.74, 6) is 3.18. The fraction of sp³-hybridized carbons (Fsp3) is 0.778. The van der Waals surface area contributed by atoms with E-state index in [0.29, 0.717) is 11.5 Å². The molecule has 4 bridgehead atoms. The highest BCUT2D eigenvalue weighted by atomic mass is 15.0. The van der Waals surface area contributed by atoms with Gasteiger partial charge in [0.25, 0.3) is 0 Å². The van der Waals surface area contributed by atoms with Gasteiger partial charge in [-0.05, 0) is 94.6 Å². The van der Waals surface area contributed by atoms with Gasteiger partial charge in [-0.15, -0.1) is 0 Å². The van der Waals surface area contributed by atoms with E-state index in [2.05, 4.69) is 37.5 Å². The average molecular weight is 257 g/mol. The first-order chi connectivity index (χ1) is 9.07. The Kier molecular flexibility index (Phi) is 2.47. The predicted molar refractivity (Wildman–Crippen MR) is 79.2 cm³/mol. The summed E-state index contributed by atoms with van der Waals surface area (Å²) in [6.07, 6.45) is 9.19. The van der Waals surface area contributed by atoms with Crippen molar-refractivity contribution in [2.45, 2.75) is 65.3 Å². The maximum atomic E-state index is 2.63. The Morgan fingerprint density at radius 3 is 1.79 bits per heavy atom. The van der Waals surface area contributed by atoms with Crippen LogP contribution in [-0.2, 0) is 0 Å². The lowest BCUT2D eigenvalue weighted by Crippen LogP contribution is -2.49. The molecule has 1 aromatic heterocycles. The van der Waals surface area contributed by atoms with Gasteiger partial charge in [-0.3, -0.25) is 0 Å². The van der Waals surface area contributed by atoms with E-state index in [-0.39, 0.29) is 0 Å². The molecule has 0 amide bonds. The molecule has 0 saturated heterocycles. The smallest absolute Gasteiger partial charge is 0.0364 e. The highest BCUT2D eigenvalue weighted by Gasteiger charge is 2.53. The zero-order valence-electron chi connectivity index (χ0n) is 12.7.